The van der Waals surface area contributed by atoms with Crippen LogP contribution in [-0.4, -0.2) is 126 Å². The van der Waals surface area contributed by atoms with Gasteiger partial charge in [-0.15, -0.1) is 0 Å². The second kappa shape index (κ2) is 14.9. The van der Waals surface area contributed by atoms with E-state index < -0.39 is 5.60 Å². The fourth-order valence-electron chi connectivity index (χ4n) is 3.78. The van der Waals surface area contributed by atoms with Crippen molar-refractivity contribution in [3.63, 3.8) is 0 Å². The molecule has 1 fully saturated rings. The van der Waals surface area contributed by atoms with Crippen molar-refractivity contribution in [1.82, 2.24) is 24.5 Å². The van der Waals surface area contributed by atoms with Gasteiger partial charge in [-0.3, -0.25) is 19.3 Å². The molecule has 4 amide bonds. The van der Waals surface area contributed by atoms with E-state index in [-0.39, 0.29) is 23.8 Å². The maximum Gasteiger partial charge on any atom is 0.410 e. The van der Waals surface area contributed by atoms with Crippen LogP contribution in [0, 0.1) is 0 Å². The summed E-state index contributed by atoms with van der Waals surface area (Å²) in [6, 6.07) is 0. The van der Waals surface area contributed by atoms with E-state index in [4.69, 9.17) is 4.74 Å². The molecule has 1 heterocycles. The lowest BCUT2D eigenvalue weighted by atomic mass is 10.2. The third-order valence-corrected chi connectivity index (χ3v) is 6.07. The molecule has 0 aliphatic carbocycles. The van der Waals surface area contributed by atoms with E-state index in [0.717, 1.165) is 26.1 Å². The molecule has 0 saturated carbocycles. The molecule has 10 nitrogen and oxygen atoms in total. The van der Waals surface area contributed by atoms with E-state index in [2.05, 4.69) is 4.90 Å². The largest absolute Gasteiger partial charge is 0.444 e. The van der Waals surface area contributed by atoms with Crippen molar-refractivity contribution >= 4 is 23.8 Å². The first kappa shape index (κ1) is 30.7. The highest BCUT2D eigenvalue weighted by atomic mass is 16.6. The van der Waals surface area contributed by atoms with Crippen molar-refractivity contribution < 1.29 is 23.9 Å². The van der Waals surface area contributed by atoms with Crippen LogP contribution >= 0.6 is 0 Å². The van der Waals surface area contributed by atoms with Crippen LogP contribution in [0.1, 0.15) is 60.8 Å². The third kappa shape index (κ3) is 12.2. The predicted octanol–water partition coefficient (Wildman–Crippen LogP) is 1.88. The number of nitrogens with zero attached hydrogens (tertiary/aromatic N) is 5. The van der Waals surface area contributed by atoms with Crippen molar-refractivity contribution in [2.75, 3.05) is 72.5 Å². The Morgan fingerprint density at radius 3 is 1.94 bits per heavy atom. The fraction of sp³-hybridized carbons (Fsp3) is 0.840. The van der Waals surface area contributed by atoms with Crippen LogP contribution in [0.15, 0.2) is 0 Å². The van der Waals surface area contributed by atoms with E-state index in [0.29, 0.717) is 58.7 Å². The summed E-state index contributed by atoms with van der Waals surface area (Å²) in [4.78, 5) is 57.7. The minimum absolute atomic E-state index is 0.0140. The average molecular weight is 498 g/mol. The molecule has 1 saturated heterocycles. The number of amides is 4. The number of ether oxygens (including phenoxy) is 1. The zero-order valence-corrected chi connectivity index (χ0v) is 23.0. The molecule has 0 aromatic heterocycles. The molecule has 0 aromatic rings. The van der Waals surface area contributed by atoms with E-state index in [1.165, 1.54) is 6.92 Å². The topological polar surface area (TPSA) is 93.7 Å². The number of carbonyl (C=O) groups excluding carboxylic acids is 4. The summed E-state index contributed by atoms with van der Waals surface area (Å²) in [5.41, 5.74) is -0.504. The number of hydrogen-bond donors (Lipinski definition) is 0. The van der Waals surface area contributed by atoms with Gasteiger partial charge in [0.15, 0.2) is 0 Å². The molecule has 0 bridgehead atoms. The summed E-state index contributed by atoms with van der Waals surface area (Å²) in [7, 11) is 1.73. The van der Waals surface area contributed by atoms with Crippen molar-refractivity contribution in [1.29, 1.82) is 0 Å². The van der Waals surface area contributed by atoms with Crippen LogP contribution in [0.4, 0.5) is 4.79 Å². The summed E-state index contributed by atoms with van der Waals surface area (Å²) in [6.07, 6.45) is 1.67. The first-order valence-electron chi connectivity index (χ1n) is 12.8. The van der Waals surface area contributed by atoms with Crippen LogP contribution < -0.4 is 0 Å². The zero-order chi connectivity index (χ0) is 26.6. The van der Waals surface area contributed by atoms with Crippen molar-refractivity contribution in [2.45, 2.75) is 66.4 Å². The molecule has 0 unspecified atom stereocenters. The lowest BCUT2D eigenvalue weighted by Crippen LogP contribution is -2.51. The second-order valence-electron chi connectivity index (χ2n) is 10.2. The van der Waals surface area contributed by atoms with Gasteiger partial charge in [0.05, 0.1) is 0 Å². The smallest absolute Gasteiger partial charge is 0.410 e. The number of hydrogen-bond acceptors (Lipinski definition) is 6. The van der Waals surface area contributed by atoms with Gasteiger partial charge < -0.3 is 24.3 Å². The Morgan fingerprint density at radius 1 is 0.829 bits per heavy atom. The molecular formula is C25H47N5O5. The fourth-order valence-corrected chi connectivity index (χ4v) is 3.78. The lowest BCUT2D eigenvalue weighted by Gasteiger charge is -2.36. The second-order valence-corrected chi connectivity index (χ2v) is 10.2. The van der Waals surface area contributed by atoms with Gasteiger partial charge in [0, 0.05) is 92.8 Å². The Bertz CT molecular complexity index is 701. The molecular weight excluding hydrogens is 450 g/mol. The predicted molar refractivity (Wildman–Crippen MR) is 136 cm³/mol. The van der Waals surface area contributed by atoms with Crippen LogP contribution in [-0.2, 0) is 19.1 Å². The normalized spacial score (nSPS) is 14.4. The van der Waals surface area contributed by atoms with Gasteiger partial charge in [-0.1, -0.05) is 6.92 Å². The number of carbonyl (C=O) groups is 4. The van der Waals surface area contributed by atoms with Crippen LogP contribution in [0.2, 0.25) is 0 Å². The first-order valence-corrected chi connectivity index (χ1v) is 12.8. The Balaban J connectivity index is 2.48. The third-order valence-electron chi connectivity index (χ3n) is 6.07. The van der Waals surface area contributed by atoms with E-state index in [1.54, 1.807) is 28.7 Å². The summed E-state index contributed by atoms with van der Waals surface area (Å²) in [6.45, 7) is 16.8. The van der Waals surface area contributed by atoms with Crippen molar-refractivity contribution in [3.8, 4) is 0 Å². The Kier molecular flexibility index (Phi) is 13.1. The Labute approximate surface area is 211 Å². The molecule has 0 radical (unpaired) electrons. The Morgan fingerprint density at radius 2 is 1.43 bits per heavy atom. The van der Waals surface area contributed by atoms with Gasteiger partial charge in [-0.2, -0.15) is 0 Å². The van der Waals surface area contributed by atoms with Gasteiger partial charge in [-0.05, 0) is 33.6 Å². The van der Waals surface area contributed by atoms with Crippen LogP contribution in [0.25, 0.3) is 0 Å². The van der Waals surface area contributed by atoms with Crippen molar-refractivity contribution in [3.05, 3.63) is 0 Å². The van der Waals surface area contributed by atoms with Gasteiger partial charge in [-0.25, -0.2) is 4.79 Å². The summed E-state index contributed by atoms with van der Waals surface area (Å²) in [5, 5.41) is 0. The van der Waals surface area contributed by atoms with Gasteiger partial charge in [0.1, 0.15) is 5.60 Å². The quantitative estimate of drug-likeness (QED) is 0.409. The number of piperazine rings is 1. The van der Waals surface area contributed by atoms with Crippen LogP contribution in [0.5, 0.6) is 0 Å². The van der Waals surface area contributed by atoms with Crippen molar-refractivity contribution in [2.24, 2.45) is 0 Å². The minimum atomic E-state index is -0.504. The van der Waals surface area contributed by atoms with Gasteiger partial charge in [0.2, 0.25) is 17.7 Å². The first-order chi connectivity index (χ1) is 16.3. The summed E-state index contributed by atoms with van der Waals surface area (Å²) in [5.74, 6) is 0.0735. The molecule has 1 aliphatic rings. The molecule has 0 aromatic carbocycles. The maximum atomic E-state index is 12.5. The van der Waals surface area contributed by atoms with Gasteiger partial charge >= 0.3 is 6.09 Å². The molecule has 35 heavy (non-hydrogen) atoms. The standard InChI is InChI=1S/C25H47N5O5/c1-8-10-23(33)29(17-13-26(7)21(2)31)12-9-11-28(22(3)32)18-14-27-15-19-30(20-16-27)24(34)35-25(4,5)6/h8-20H2,1-7H3. The molecule has 202 valence electrons. The van der Waals surface area contributed by atoms with E-state index in [1.807, 2.05) is 32.6 Å². The monoisotopic (exact) mass is 497 g/mol. The van der Waals surface area contributed by atoms with E-state index in [9.17, 15) is 19.2 Å². The highest BCUT2D eigenvalue weighted by Crippen LogP contribution is 2.12. The average Bonchev–Trinajstić information content (AvgIpc) is 2.76. The zero-order valence-electron chi connectivity index (χ0n) is 23.0. The Hall–Kier alpha value is -2.36. The van der Waals surface area contributed by atoms with Gasteiger partial charge in [0.25, 0.3) is 0 Å². The molecule has 0 spiro atoms. The number of rotatable bonds is 12. The number of likely N-dealkylation sites (N-methyl/N-ethyl adjacent to an activating group) is 1. The highest BCUT2D eigenvalue weighted by molar-refractivity contribution is 5.76. The highest BCUT2D eigenvalue weighted by Gasteiger charge is 2.26. The maximum absolute atomic E-state index is 12.5. The molecule has 1 rings (SSSR count). The molecule has 0 N–H and O–H groups in total. The minimum Gasteiger partial charge on any atom is -0.444 e. The molecule has 10 heteroatoms. The molecule has 1 aliphatic heterocycles. The lowest BCUT2D eigenvalue weighted by molar-refractivity contribution is -0.134. The SMILES string of the molecule is CCCC(=O)N(CCCN(CCN1CCN(C(=O)OC(C)(C)C)CC1)C(C)=O)CCN(C)C(C)=O. The van der Waals surface area contributed by atoms with E-state index >= 15 is 0 Å². The summed E-state index contributed by atoms with van der Waals surface area (Å²) >= 11 is 0. The molecule has 0 atom stereocenters. The summed E-state index contributed by atoms with van der Waals surface area (Å²) < 4.78 is 5.45. The van der Waals surface area contributed by atoms with Crippen LogP contribution in [0.3, 0.4) is 0 Å².